The molecule has 6 nitrogen and oxygen atoms in total. The minimum atomic E-state index is 0.390. The maximum Gasteiger partial charge on any atom is 0.129 e. The summed E-state index contributed by atoms with van der Waals surface area (Å²) in [6.45, 7) is 4.32. The minimum absolute atomic E-state index is 0.390. The van der Waals surface area contributed by atoms with Crippen LogP contribution >= 0.6 is 0 Å². The van der Waals surface area contributed by atoms with Crippen LogP contribution in [-0.4, -0.2) is 39.5 Å². The predicted octanol–water partition coefficient (Wildman–Crippen LogP) is 3.13. The number of benzene rings is 1. The van der Waals surface area contributed by atoms with Gasteiger partial charge in [0.1, 0.15) is 11.6 Å². The van der Waals surface area contributed by atoms with Gasteiger partial charge in [0.15, 0.2) is 0 Å². The second kappa shape index (κ2) is 7.66. The molecule has 0 bridgehead atoms. The summed E-state index contributed by atoms with van der Waals surface area (Å²) in [5.74, 6) is 2.07. The third-order valence-electron chi connectivity index (χ3n) is 4.58. The van der Waals surface area contributed by atoms with Crippen molar-refractivity contribution in [2.75, 3.05) is 25.1 Å². The molecular weight excluding hydrogens is 326 g/mol. The lowest BCUT2D eigenvalue weighted by Gasteiger charge is -2.11. The van der Waals surface area contributed by atoms with Crippen molar-refractivity contribution in [3.63, 3.8) is 0 Å². The lowest BCUT2D eigenvalue weighted by Crippen LogP contribution is -2.10. The van der Waals surface area contributed by atoms with Crippen LogP contribution in [0.2, 0.25) is 0 Å². The van der Waals surface area contributed by atoms with E-state index in [4.69, 9.17) is 4.74 Å². The van der Waals surface area contributed by atoms with Crippen molar-refractivity contribution >= 4 is 5.82 Å². The normalized spacial score (nSPS) is 16.7. The molecule has 0 spiro atoms. The largest absolute Gasteiger partial charge is 0.381 e. The first-order valence-corrected chi connectivity index (χ1v) is 9.04. The Kier molecular flexibility index (Phi) is 4.93. The van der Waals surface area contributed by atoms with Crippen LogP contribution < -0.4 is 5.32 Å². The number of ether oxygens (including phenoxy) is 1. The maximum absolute atomic E-state index is 5.48. The van der Waals surface area contributed by atoms with Crippen molar-refractivity contribution in [1.29, 1.82) is 0 Å². The molecule has 0 aliphatic carbocycles. The van der Waals surface area contributed by atoms with Crippen molar-refractivity contribution < 1.29 is 4.74 Å². The third kappa shape index (κ3) is 3.91. The van der Waals surface area contributed by atoms with Crippen LogP contribution in [0.25, 0.3) is 5.69 Å². The Morgan fingerprint density at radius 3 is 2.92 bits per heavy atom. The van der Waals surface area contributed by atoms with Gasteiger partial charge in [0.25, 0.3) is 0 Å². The first kappa shape index (κ1) is 16.7. The molecule has 2 aromatic heterocycles. The number of nitrogens with zero attached hydrogens (tertiary/aromatic N) is 4. The van der Waals surface area contributed by atoms with Gasteiger partial charge in [-0.15, -0.1) is 0 Å². The molecule has 1 N–H and O–H groups in total. The molecule has 0 radical (unpaired) electrons. The van der Waals surface area contributed by atoms with Crippen LogP contribution in [0, 0.1) is 6.92 Å². The quantitative estimate of drug-likeness (QED) is 0.741. The average Bonchev–Trinajstić information content (AvgIpc) is 3.34. The SMILES string of the molecule is Cc1nc(NCCc2cnn(-c3ccccc3)c2)cc(C2CCOC2)n1. The van der Waals surface area contributed by atoms with E-state index in [2.05, 4.69) is 32.6 Å². The molecular formula is C20H23N5O. The summed E-state index contributed by atoms with van der Waals surface area (Å²) in [7, 11) is 0. The van der Waals surface area contributed by atoms with E-state index < -0.39 is 0 Å². The molecule has 134 valence electrons. The molecule has 0 amide bonds. The van der Waals surface area contributed by atoms with E-state index >= 15 is 0 Å². The Bertz CT molecular complexity index is 856. The highest BCUT2D eigenvalue weighted by Gasteiger charge is 2.20. The molecule has 3 aromatic rings. The van der Waals surface area contributed by atoms with E-state index in [9.17, 15) is 0 Å². The molecule has 4 rings (SSSR count). The molecule has 6 heteroatoms. The second-order valence-corrected chi connectivity index (χ2v) is 6.59. The van der Waals surface area contributed by atoms with Crippen LogP contribution in [0.4, 0.5) is 5.82 Å². The predicted molar refractivity (Wildman–Crippen MR) is 101 cm³/mol. The van der Waals surface area contributed by atoms with E-state index in [1.807, 2.05) is 48.1 Å². The van der Waals surface area contributed by atoms with Gasteiger partial charge in [-0.05, 0) is 37.5 Å². The fraction of sp³-hybridized carbons (Fsp3) is 0.350. The molecule has 1 aromatic carbocycles. The van der Waals surface area contributed by atoms with Crippen molar-refractivity contribution in [2.24, 2.45) is 0 Å². The van der Waals surface area contributed by atoms with Gasteiger partial charge in [-0.25, -0.2) is 14.6 Å². The van der Waals surface area contributed by atoms with E-state index in [0.29, 0.717) is 5.92 Å². The number of hydrogen-bond acceptors (Lipinski definition) is 5. The molecule has 1 saturated heterocycles. The van der Waals surface area contributed by atoms with Crippen LogP contribution in [0.15, 0.2) is 48.8 Å². The highest BCUT2D eigenvalue weighted by Crippen LogP contribution is 2.25. The van der Waals surface area contributed by atoms with Crippen LogP contribution in [0.3, 0.4) is 0 Å². The molecule has 26 heavy (non-hydrogen) atoms. The smallest absolute Gasteiger partial charge is 0.129 e. The van der Waals surface area contributed by atoms with Gasteiger partial charge in [-0.1, -0.05) is 18.2 Å². The number of para-hydroxylation sites is 1. The van der Waals surface area contributed by atoms with Crippen molar-refractivity contribution in [3.05, 3.63) is 65.9 Å². The Balaban J connectivity index is 1.37. The molecule has 0 saturated carbocycles. The Labute approximate surface area is 153 Å². The van der Waals surface area contributed by atoms with E-state index in [1.54, 1.807) is 0 Å². The third-order valence-corrected chi connectivity index (χ3v) is 4.58. The first-order chi connectivity index (χ1) is 12.8. The fourth-order valence-electron chi connectivity index (χ4n) is 3.20. The Hall–Kier alpha value is -2.73. The summed E-state index contributed by atoms with van der Waals surface area (Å²) in [5.41, 5.74) is 3.34. The summed E-state index contributed by atoms with van der Waals surface area (Å²) in [6.07, 6.45) is 5.91. The number of anilines is 1. The number of aromatic nitrogens is 4. The number of rotatable bonds is 6. The van der Waals surface area contributed by atoms with Crippen LogP contribution in [-0.2, 0) is 11.2 Å². The second-order valence-electron chi connectivity index (χ2n) is 6.59. The van der Waals surface area contributed by atoms with Gasteiger partial charge in [0.05, 0.1) is 24.2 Å². The molecule has 1 unspecified atom stereocenters. The lowest BCUT2D eigenvalue weighted by molar-refractivity contribution is 0.193. The zero-order valence-electron chi connectivity index (χ0n) is 14.9. The van der Waals surface area contributed by atoms with Gasteiger partial charge in [0.2, 0.25) is 0 Å². The van der Waals surface area contributed by atoms with E-state index in [1.165, 1.54) is 5.56 Å². The van der Waals surface area contributed by atoms with Crippen molar-refractivity contribution in [2.45, 2.75) is 25.7 Å². The fourth-order valence-corrected chi connectivity index (χ4v) is 3.20. The van der Waals surface area contributed by atoms with Crippen LogP contribution in [0.5, 0.6) is 0 Å². The zero-order valence-corrected chi connectivity index (χ0v) is 14.9. The molecule has 1 atom stereocenters. The number of hydrogen-bond donors (Lipinski definition) is 1. The van der Waals surface area contributed by atoms with Gasteiger partial charge in [0, 0.05) is 31.3 Å². The van der Waals surface area contributed by atoms with Gasteiger partial charge in [-0.3, -0.25) is 0 Å². The standard InChI is InChI=1S/C20H23N5O/c1-15-23-19(17-8-10-26-14-17)11-20(24-15)21-9-7-16-12-22-25(13-16)18-5-3-2-4-6-18/h2-6,11-13,17H,7-10,14H2,1H3,(H,21,23,24). The number of aryl methyl sites for hydroxylation is 1. The topological polar surface area (TPSA) is 64.9 Å². The highest BCUT2D eigenvalue weighted by atomic mass is 16.5. The van der Waals surface area contributed by atoms with Crippen molar-refractivity contribution in [3.8, 4) is 5.69 Å². The van der Waals surface area contributed by atoms with Gasteiger partial charge >= 0.3 is 0 Å². The number of nitrogens with one attached hydrogen (secondary N) is 1. The molecule has 1 fully saturated rings. The lowest BCUT2D eigenvalue weighted by atomic mass is 10.0. The van der Waals surface area contributed by atoms with E-state index in [-0.39, 0.29) is 0 Å². The summed E-state index contributed by atoms with van der Waals surface area (Å²) >= 11 is 0. The summed E-state index contributed by atoms with van der Waals surface area (Å²) in [5, 5.41) is 7.86. The monoisotopic (exact) mass is 349 g/mol. The molecule has 3 heterocycles. The first-order valence-electron chi connectivity index (χ1n) is 9.04. The van der Waals surface area contributed by atoms with Crippen molar-refractivity contribution in [1.82, 2.24) is 19.7 Å². The average molecular weight is 349 g/mol. The van der Waals surface area contributed by atoms with Crippen LogP contribution in [0.1, 0.15) is 29.4 Å². The summed E-state index contributed by atoms with van der Waals surface area (Å²) < 4.78 is 7.38. The maximum atomic E-state index is 5.48. The zero-order chi connectivity index (χ0) is 17.8. The van der Waals surface area contributed by atoms with E-state index in [0.717, 1.165) is 55.6 Å². The molecule has 1 aliphatic rings. The summed E-state index contributed by atoms with van der Waals surface area (Å²) in [6, 6.07) is 12.2. The minimum Gasteiger partial charge on any atom is -0.381 e. The van der Waals surface area contributed by atoms with Gasteiger partial charge in [-0.2, -0.15) is 5.10 Å². The highest BCUT2D eigenvalue weighted by molar-refractivity contribution is 5.37. The Morgan fingerprint density at radius 1 is 1.23 bits per heavy atom. The molecule has 1 aliphatic heterocycles. The Morgan fingerprint density at radius 2 is 2.12 bits per heavy atom. The van der Waals surface area contributed by atoms with Gasteiger partial charge < -0.3 is 10.1 Å². The summed E-state index contributed by atoms with van der Waals surface area (Å²) in [4.78, 5) is 9.08.